The molecule has 0 saturated carbocycles. The van der Waals surface area contributed by atoms with Crippen LogP contribution in [0.3, 0.4) is 0 Å². The minimum atomic E-state index is -0.0116. The van der Waals surface area contributed by atoms with E-state index in [1.54, 1.807) is 12.4 Å². The van der Waals surface area contributed by atoms with Crippen LogP contribution in [0, 0.1) is 0 Å². The molecular formula is C23H22N6O. The van der Waals surface area contributed by atoms with Crippen molar-refractivity contribution in [2.24, 2.45) is 0 Å². The van der Waals surface area contributed by atoms with Gasteiger partial charge in [0.05, 0.1) is 29.1 Å². The molecule has 0 unspecified atom stereocenters. The van der Waals surface area contributed by atoms with E-state index in [2.05, 4.69) is 15.0 Å². The zero-order chi connectivity index (χ0) is 20.3. The van der Waals surface area contributed by atoms with E-state index < -0.39 is 0 Å². The summed E-state index contributed by atoms with van der Waals surface area (Å²) in [5, 5.41) is 0. The first-order chi connectivity index (χ1) is 14.8. The summed E-state index contributed by atoms with van der Waals surface area (Å²) in [6.07, 6.45) is 7.63. The molecule has 1 amide bonds. The molecule has 5 rings (SSSR count). The number of hydrogen-bond donors (Lipinski definition) is 0. The monoisotopic (exact) mass is 398 g/mol. The number of aromatic nitrogens is 5. The van der Waals surface area contributed by atoms with Crippen molar-refractivity contribution >= 4 is 16.9 Å². The molecule has 1 atom stereocenters. The van der Waals surface area contributed by atoms with Crippen molar-refractivity contribution in [3.63, 3.8) is 0 Å². The number of imidazole rings is 1. The van der Waals surface area contributed by atoms with Gasteiger partial charge in [0.2, 0.25) is 5.91 Å². The molecule has 0 N–H and O–H groups in total. The van der Waals surface area contributed by atoms with E-state index in [1.165, 1.54) is 0 Å². The van der Waals surface area contributed by atoms with Crippen LogP contribution in [0.1, 0.15) is 31.0 Å². The fourth-order valence-electron chi connectivity index (χ4n) is 4.10. The Morgan fingerprint density at radius 3 is 2.80 bits per heavy atom. The maximum absolute atomic E-state index is 13.1. The number of hydrogen-bond acceptors (Lipinski definition) is 5. The van der Waals surface area contributed by atoms with Crippen LogP contribution in [-0.2, 0) is 11.3 Å². The number of nitrogens with zero attached hydrogens (tertiary/aromatic N) is 6. The number of likely N-dealkylation sites (tertiary alicyclic amines) is 1. The van der Waals surface area contributed by atoms with Crippen LogP contribution in [0.4, 0.5) is 0 Å². The van der Waals surface area contributed by atoms with Gasteiger partial charge in [-0.25, -0.2) is 15.0 Å². The highest BCUT2D eigenvalue weighted by Gasteiger charge is 2.31. The van der Waals surface area contributed by atoms with Crippen molar-refractivity contribution in [3.05, 3.63) is 72.9 Å². The van der Waals surface area contributed by atoms with Crippen molar-refractivity contribution in [1.29, 1.82) is 0 Å². The standard InChI is InChI=1S/C23H22N6O/c30-22(11-15-28-16-26-17-6-1-2-8-20(17)28)29-14-5-9-21(29)18-10-13-25-23(27-18)19-7-3-4-12-24-19/h1-4,6-8,10,12-13,16,21H,5,9,11,14-15H2/t21-/m0/s1. The highest BCUT2D eigenvalue weighted by Crippen LogP contribution is 2.32. The Balaban J connectivity index is 1.32. The molecule has 1 fully saturated rings. The van der Waals surface area contributed by atoms with Gasteiger partial charge in [-0.1, -0.05) is 18.2 Å². The smallest absolute Gasteiger partial charge is 0.224 e. The van der Waals surface area contributed by atoms with Crippen LogP contribution in [-0.4, -0.2) is 41.9 Å². The van der Waals surface area contributed by atoms with Crippen molar-refractivity contribution in [1.82, 2.24) is 29.4 Å². The third-order valence-corrected chi connectivity index (χ3v) is 5.58. The molecule has 0 radical (unpaired) electrons. The van der Waals surface area contributed by atoms with Gasteiger partial charge in [0.25, 0.3) is 0 Å². The quantitative estimate of drug-likeness (QED) is 0.513. The fourth-order valence-corrected chi connectivity index (χ4v) is 4.10. The van der Waals surface area contributed by atoms with E-state index in [9.17, 15) is 4.79 Å². The number of amides is 1. The lowest BCUT2D eigenvalue weighted by Crippen LogP contribution is -2.31. The predicted octanol–water partition coefficient (Wildman–Crippen LogP) is 3.64. The number of pyridine rings is 1. The summed E-state index contributed by atoms with van der Waals surface area (Å²) in [6.45, 7) is 1.38. The molecule has 7 nitrogen and oxygen atoms in total. The summed E-state index contributed by atoms with van der Waals surface area (Å²) in [4.78, 5) is 32.9. The first kappa shape index (κ1) is 18.4. The summed E-state index contributed by atoms with van der Waals surface area (Å²) in [6, 6.07) is 15.6. The molecule has 0 spiro atoms. The summed E-state index contributed by atoms with van der Waals surface area (Å²) < 4.78 is 2.04. The summed E-state index contributed by atoms with van der Waals surface area (Å²) in [5.41, 5.74) is 3.62. The molecule has 30 heavy (non-hydrogen) atoms. The van der Waals surface area contributed by atoms with Gasteiger partial charge >= 0.3 is 0 Å². The molecule has 7 heteroatoms. The molecular weight excluding hydrogens is 376 g/mol. The molecule has 4 aromatic rings. The molecule has 3 aromatic heterocycles. The molecule has 0 bridgehead atoms. The molecule has 1 aliphatic rings. The average Bonchev–Trinajstić information content (AvgIpc) is 3.46. The lowest BCUT2D eigenvalue weighted by atomic mass is 10.1. The van der Waals surface area contributed by atoms with E-state index in [4.69, 9.17) is 4.98 Å². The van der Waals surface area contributed by atoms with Crippen LogP contribution in [0.2, 0.25) is 0 Å². The lowest BCUT2D eigenvalue weighted by Gasteiger charge is -2.24. The van der Waals surface area contributed by atoms with E-state index in [-0.39, 0.29) is 11.9 Å². The molecule has 150 valence electrons. The first-order valence-electron chi connectivity index (χ1n) is 10.2. The Morgan fingerprint density at radius 1 is 1.00 bits per heavy atom. The lowest BCUT2D eigenvalue weighted by molar-refractivity contribution is -0.132. The second-order valence-electron chi connectivity index (χ2n) is 7.44. The Morgan fingerprint density at radius 2 is 1.90 bits per heavy atom. The summed E-state index contributed by atoms with van der Waals surface area (Å²) in [5.74, 6) is 0.741. The Kier molecular flexibility index (Phi) is 4.93. The van der Waals surface area contributed by atoms with Crippen LogP contribution in [0.5, 0.6) is 0 Å². The molecule has 4 heterocycles. The predicted molar refractivity (Wildman–Crippen MR) is 113 cm³/mol. The number of para-hydroxylation sites is 2. The van der Waals surface area contributed by atoms with E-state index >= 15 is 0 Å². The maximum atomic E-state index is 13.1. The number of carbonyl (C=O) groups is 1. The minimum absolute atomic E-state index is 0.0116. The number of fused-ring (bicyclic) bond motifs is 1. The molecule has 1 aliphatic heterocycles. The van der Waals surface area contributed by atoms with E-state index in [0.29, 0.717) is 18.8 Å². The first-order valence-corrected chi connectivity index (χ1v) is 10.2. The third-order valence-electron chi connectivity index (χ3n) is 5.58. The molecule has 1 saturated heterocycles. The zero-order valence-corrected chi connectivity index (χ0v) is 16.6. The minimum Gasteiger partial charge on any atom is -0.334 e. The molecule has 1 aromatic carbocycles. The highest BCUT2D eigenvalue weighted by atomic mass is 16.2. The Bertz CT molecular complexity index is 1170. The van der Waals surface area contributed by atoms with Gasteiger partial charge in [0.15, 0.2) is 5.82 Å². The van der Waals surface area contributed by atoms with Gasteiger partial charge in [0, 0.05) is 31.9 Å². The molecule has 0 aliphatic carbocycles. The number of carbonyl (C=O) groups excluding carboxylic acids is 1. The number of rotatable bonds is 5. The van der Waals surface area contributed by atoms with Crippen molar-refractivity contribution in [2.75, 3.05) is 6.54 Å². The van der Waals surface area contributed by atoms with Crippen molar-refractivity contribution in [2.45, 2.75) is 31.8 Å². The maximum Gasteiger partial charge on any atom is 0.224 e. The van der Waals surface area contributed by atoms with Gasteiger partial charge in [-0.05, 0) is 43.2 Å². The highest BCUT2D eigenvalue weighted by molar-refractivity contribution is 5.78. The van der Waals surface area contributed by atoms with Gasteiger partial charge < -0.3 is 9.47 Å². The van der Waals surface area contributed by atoms with Gasteiger partial charge in [-0.3, -0.25) is 9.78 Å². The number of aryl methyl sites for hydroxylation is 1. The van der Waals surface area contributed by atoms with Crippen LogP contribution in [0.25, 0.3) is 22.6 Å². The number of benzene rings is 1. The topological polar surface area (TPSA) is 76.8 Å². The normalized spacial score (nSPS) is 16.3. The second kappa shape index (κ2) is 8.02. The third kappa shape index (κ3) is 3.54. The van der Waals surface area contributed by atoms with Crippen LogP contribution < -0.4 is 0 Å². The van der Waals surface area contributed by atoms with Crippen molar-refractivity contribution in [3.8, 4) is 11.5 Å². The Hall–Kier alpha value is -3.61. The van der Waals surface area contributed by atoms with Crippen LogP contribution >= 0.6 is 0 Å². The fraction of sp³-hybridized carbons (Fsp3) is 0.261. The SMILES string of the molecule is O=C(CCn1cnc2ccccc21)N1CCC[C@H]1c1ccnc(-c2ccccn2)n1. The second-order valence-corrected chi connectivity index (χ2v) is 7.44. The Labute approximate surface area is 174 Å². The van der Waals surface area contributed by atoms with Gasteiger partial charge in [0.1, 0.15) is 5.69 Å². The average molecular weight is 398 g/mol. The largest absolute Gasteiger partial charge is 0.334 e. The summed E-state index contributed by atoms with van der Waals surface area (Å²) >= 11 is 0. The van der Waals surface area contributed by atoms with Gasteiger partial charge in [-0.2, -0.15) is 0 Å². The van der Waals surface area contributed by atoms with E-state index in [1.807, 2.05) is 64.3 Å². The zero-order valence-electron chi connectivity index (χ0n) is 16.6. The van der Waals surface area contributed by atoms with Gasteiger partial charge in [-0.15, -0.1) is 0 Å². The van der Waals surface area contributed by atoms with Crippen molar-refractivity contribution < 1.29 is 4.79 Å². The summed E-state index contributed by atoms with van der Waals surface area (Å²) in [7, 11) is 0. The van der Waals surface area contributed by atoms with E-state index in [0.717, 1.165) is 41.8 Å². The van der Waals surface area contributed by atoms with Crippen LogP contribution in [0.15, 0.2) is 67.3 Å².